The molecule has 1 aliphatic carbocycles. The van der Waals surface area contributed by atoms with E-state index in [2.05, 4.69) is 10.5 Å². The molecule has 0 aromatic heterocycles. The highest BCUT2D eigenvalue weighted by molar-refractivity contribution is 5.95. The van der Waals surface area contributed by atoms with Crippen LogP contribution in [0.25, 0.3) is 0 Å². The Morgan fingerprint density at radius 3 is 2.42 bits per heavy atom. The van der Waals surface area contributed by atoms with Crippen molar-refractivity contribution in [2.75, 3.05) is 0 Å². The highest BCUT2D eigenvalue weighted by Gasteiger charge is 2.10. The topological polar surface area (TPSA) is 50.7 Å². The second-order valence-corrected chi connectivity index (χ2v) is 5.02. The molecule has 1 amide bonds. The minimum Gasteiger partial charge on any atom is -0.491 e. The molecule has 4 nitrogen and oxygen atoms in total. The summed E-state index contributed by atoms with van der Waals surface area (Å²) in [4.78, 5) is 11.9. The van der Waals surface area contributed by atoms with Crippen LogP contribution in [0.3, 0.4) is 0 Å². The lowest BCUT2D eigenvalue weighted by molar-refractivity contribution is 0.0954. The Labute approximate surface area is 113 Å². The quantitative estimate of drug-likeness (QED) is 0.845. The van der Waals surface area contributed by atoms with Gasteiger partial charge in [0.1, 0.15) is 5.75 Å². The molecule has 0 bridgehead atoms. The van der Waals surface area contributed by atoms with Gasteiger partial charge >= 0.3 is 0 Å². The second kappa shape index (κ2) is 6.36. The van der Waals surface area contributed by atoms with E-state index in [1.807, 2.05) is 13.8 Å². The SMILES string of the molecule is CC(C)Oc1ccc(C(=O)NN=C2CCCC2)cc1. The zero-order valence-electron chi connectivity index (χ0n) is 11.5. The van der Waals surface area contributed by atoms with Crippen molar-refractivity contribution in [3.8, 4) is 5.75 Å². The van der Waals surface area contributed by atoms with E-state index >= 15 is 0 Å². The van der Waals surface area contributed by atoms with Crippen molar-refractivity contribution >= 4 is 11.6 Å². The van der Waals surface area contributed by atoms with Crippen molar-refractivity contribution in [1.29, 1.82) is 0 Å². The van der Waals surface area contributed by atoms with Gasteiger partial charge in [0.2, 0.25) is 0 Å². The maximum absolute atomic E-state index is 11.9. The monoisotopic (exact) mass is 260 g/mol. The van der Waals surface area contributed by atoms with Gasteiger partial charge in [-0.2, -0.15) is 5.10 Å². The Hall–Kier alpha value is -1.84. The molecule has 0 heterocycles. The minimum atomic E-state index is -0.171. The van der Waals surface area contributed by atoms with Gasteiger partial charge in [0, 0.05) is 11.3 Å². The maximum Gasteiger partial charge on any atom is 0.271 e. The molecule has 0 spiro atoms. The van der Waals surface area contributed by atoms with Crippen molar-refractivity contribution in [2.45, 2.75) is 45.6 Å². The van der Waals surface area contributed by atoms with E-state index in [-0.39, 0.29) is 12.0 Å². The van der Waals surface area contributed by atoms with E-state index in [4.69, 9.17) is 4.74 Å². The summed E-state index contributed by atoms with van der Waals surface area (Å²) in [6.07, 6.45) is 4.49. The standard InChI is InChI=1S/C15H20N2O2/c1-11(2)19-14-9-7-12(8-10-14)15(18)17-16-13-5-3-4-6-13/h7-11H,3-6H2,1-2H3,(H,17,18). The largest absolute Gasteiger partial charge is 0.491 e. The number of carbonyl (C=O) groups is 1. The highest BCUT2D eigenvalue weighted by atomic mass is 16.5. The zero-order valence-corrected chi connectivity index (χ0v) is 11.5. The van der Waals surface area contributed by atoms with Crippen LogP contribution in [-0.2, 0) is 0 Å². The van der Waals surface area contributed by atoms with Gasteiger partial charge in [0.05, 0.1) is 6.10 Å². The highest BCUT2D eigenvalue weighted by Crippen LogP contribution is 2.15. The van der Waals surface area contributed by atoms with E-state index in [0.717, 1.165) is 24.3 Å². The lowest BCUT2D eigenvalue weighted by Gasteiger charge is -2.09. The van der Waals surface area contributed by atoms with Gasteiger partial charge in [0.15, 0.2) is 0 Å². The summed E-state index contributed by atoms with van der Waals surface area (Å²) in [5.74, 6) is 0.601. The minimum absolute atomic E-state index is 0.133. The van der Waals surface area contributed by atoms with E-state index < -0.39 is 0 Å². The van der Waals surface area contributed by atoms with Gasteiger partial charge < -0.3 is 4.74 Å². The van der Waals surface area contributed by atoms with Crippen LogP contribution in [0.2, 0.25) is 0 Å². The third-order valence-corrected chi connectivity index (χ3v) is 2.98. The number of carbonyl (C=O) groups excluding carboxylic acids is 1. The molecule has 1 aromatic carbocycles. The van der Waals surface area contributed by atoms with E-state index in [1.165, 1.54) is 12.8 Å². The van der Waals surface area contributed by atoms with E-state index in [1.54, 1.807) is 24.3 Å². The maximum atomic E-state index is 11.9. The van der Waals surface area contributed by atoms with Gasteiger partial charge in [-0.05, 0) is 63.8 Å². The van der Waals surface area contributed by atoms with Crippen molar-refractivity contribution in [3.63, 3.8) is 0 Å². The van der Waals surface area contributed by atoms with E-state index in [9.17, 15) is 4.79 Å². The number of nitrogens with zero attached hydrogens (tertiary/aromatic N) is 1. The second-order valence-electron chi connectivity index (χ2n) is 5.02. The molecule has 1 fully saturated rings. The smallest absolute Gasteiger partial charge is 0.271 e. The molecular weight excluding hydrogens is 240 g/mol. The molecule has 0 atom stereocenters. The number of nitrogens with one attached hydrogen (secondary N) is 1. The number of amides is 1. The Balaban J connectivity index is 1.93. The first-order chi connectivity index (χ1) is 9.15. The van der Waals surface area contributed by atoms with Crippen molar-refractivity contribution in [3.05, 3.63) is 29.8 Å². The average Bonchev–Trinajstić information content (AvgIpc) is 2.89. The molecule has 102 valence electrons. The molecule has 1 aliphatic rings. The predicted molar refractivity (Wildman–Crippen MR) is 75.6 cm³/mol. The van der Waals surface area contributed by atoms with Crippen molar-refractivity contribution < 1.29 is 9.53 Å². The first-order valence-corrected chi connectivity index (χ1v) is 6.77. The van der Waals surface area contributed by atoms with Crippen LogP contribution in [0.1, 0.15) is 49.9 Å². The number of benzene rings is 1. The summed E-state index contributed by atoms with van der Waals surface area (Å²) >= 11 is 0. The van der Waals surface area contributed by atoms with Crippen molar-refractivity contribution in [1.82, 2.24) is 5.43 Å². The molecule has 0 aliphatic heterocycles. The van der Waals surface area contributed by atoms with Crippen LogP contribution in [0.15, 0.2) is 29.4 Å². The summed E-state index contributed by atoms with van der Waals surface area (Å²) in [5.41, 5.74) is 4.30. The Kier molecular flexibility index (Phi) is 4.55. The first-order valence-electron chi connectivity index (χ1n) is 6.77. The molecular formula is C15H20N2O2. The van der Waals surface area contributed by atoms with Crippen LogP contribution < -0.4 is 10.2 Å². The molecule has 4 heteroatoms. The third kappa shape index (κ3) is 4.09. The van der Waals surface area contributed by atoms with Crippen LogP contribution in [0.4, 0.5) is 0 Å². The number of hydrogen-bond acceptors (Lipinski definition) is 3. The van der Waals surface area contributed by atoms with Gasteiger partial charge in [-0.15, -0.1) is 0 Å². The summed E-state index contributed by atoms with van der Waals surface area (Å²) in [5, 5.41) is 4.16. The lowest BCUT2D eigenvalue weighted by Crippen LogP contribution is -2.19. The van der Waals surface area contributed by atoms with Gasteiger partial charge in [-0.3, -0.25) is 4.79 Å². The Morgan fingerprint density at radius 2 is 1.84 bits per heavy atom. The van der Waals surface area contributed by atoms with Crippen LogP contribution >= 0.6 is 0 Å². The summed E-state index contributed by atoms with van der Waals surface area (Å²) in [6.45, 7) is 3.94. The molecule has 19 heavy (non-hydrogen) atoms. The summed E-state index contributed by atoms with van der Waals surface area (Å²) in [6, 6.07) is 7.11. The molecule has 1 N–H and O–H groups in total. The zero-order chi connectivity index (χ0) is 13.7. The van der Waals surface area contributed by atoms with Crippen LogP contribution in [-0.4, -0.2) is 17.7 Å². The number of rotatable bonds is 4. The average molecular weight is 260 g/mol. The molecule has 0 radical (unpaired) electrons. The fraction of sp³-hybridized carbons (Fsp3) is 0.467. The molecule has 2 rings (SSSR count). The van der Waals surface area contributed by atoms with Crippen molar-refractivity contribution in [2.24, 2.45) is 5.10 Å². The van der Waals surface area contributed by atoms with Crippen LogP contribution in [0, 0.1) is 0 Å². The van der Waals surface area contributed by atoms with E-state index in [0.29, 0.717) is 5.56 Å². The number of hydrogen-bond donors (Lipinski definition) is 1. The van der Waals surface area contributed by atoms with Gasteiger partial charge in [-0.1, -0.05) is 0 Å². The fourth-order valence-corrected chi connectivity index (χ4v) is 2.05. The Morgan fingerprint density at radius 1 is 1.21 bits per heavy atom. The lowest BCUT2D eigenvalue weighted by atomic mass is 10.2. The van der Waals surface area contributed by atoms with Crippen LogP contribution in [0.5, 0.6) is 5.75 Å². The first kappa shape index (κ1) is 13.6. The molecule has 1 saturated carbocycles. The number of ether oxygens (including phenoxy) is 1. The molecule has 1 aromatic rings. The van der Waals surface area contributed by atoms with Gasteiger partial charge in [-0.25, -0.2) is 5.43 Å². The summed E-state index contributed by atoms with van der Waals surface area (Å²) < 4.78 is 5.53. The predicted octanol–water partition coefficient (Wildman–Crippen LogP) is 3.13. The fourth-order valence-electron chi connectivity index (χ4n) is 2.05. The van der Waals surface area contributed by atoms with Gasteiger partial charge in [0.25, 0.3) is 5.91 Å². The number of hydrazone groups is 1. The third-order valence-electron chi connectivity index (χ3n) is 2.98. The summed E-state index contributed by atoms with van der Waals surface area (Å²) in [7, 11) is 0. The molecule has 0 saturated heterocycles. The normalized spacial score (nSPS) is 14.6. The Bertz CT molecular complexity index is 456. The molecule has 0 unspecified atom stereocenters.